The molecule has 1 aromatic carbocycles. The molecular formula is C36H46N10O4. The van der Waals surface area contributed by atoms with Crippen molar-refractivity contribution in [3.05, 3.63) is 55.0 Å². The second-order valence-electron chi connectivity index (χ2n) is 13.7. The van der Waals surface area contributed by atoms with E-state index in [4.69, 9.17) is 24.0 Å². The van der Waals surface area contributed by atoms with Gasteiger partial charge in [0.2, 0.25) is 5.95 Å². The number of morpholine rings is 1. The molecule has 1 saturated carbocycles. The highest BCUT2D eigenvalue weighted by atomic mass is 16.5. The van der Waals surface area contributed by atoms with Gasteiger partial charge in [0.25, 0.3) is 5.88 Å². The lowest BCUT2D eigenvalue weighted by atomic mass is 9.89. The molecule has 1 N–H and O–H groups in total. The van der Waals surface area contributed by atoms with E-state index in [1.165, 1.54) is 19.2 Å². The van der Waals surface area contributed by atoms with E-state index in [0.29, 0.717) is 60.5 Å². The van der Waals surface area contributed by atoms with Gasteiger partial charge in [0.1, 0.15) is 36.3 Å². The van der Waals surface area contributed by atoms with Gasteiger partial charge in [-0.25, -0.2) is 19.6 Å². The SMILES string of the molecule is COCCC(C)Oc1nn(C2CCC(N3[C@@H]4CC[C@H]3COC4)CC2)cc1Nc1ncc(-c2ccc(C#N)c(OC(C)Cn3cncn3)c2)cn1. The van der Waals surface area contributed by atoms with E-state index in [1.807, 2.05) is 32.2 Å². The quantitative estimate of drug-likeness (QED) is 0.187. The van der Waals surface area contributed by atoms with E-state index in [9.17, 15) is 5.26 Å². The number of methoxy groups -OCH3 is 1. The monoisotopic (exact) mass is 682 g/mol. The van der Waals surface area contributed by atoms with Gasteiger partial charge in [-0.1, -0.05) is 6.07 Å². The molecule has 14 heteroatoms. The Morgan fingerprint density at radius 2 is 1.70 bits per heavy atom. The molecule has 3 aliphatic rings. The summed E-state index contributed by atoms with van der Waals surface area (Å²) >= 11 is 0. The van der Waals surface area contributed by atoms with Crippen molar-refractivity contribution in [3.63, 3.8) is 0 Å². The summed E-state index contributed by atoms with van der Waals surface area (Å²) in [6.07, 6.45) is 16.1. The van der Waals surface area contributed by atoms with E-state index in [2.05, 4.69) is 41.0 Å². The van der Waals surface area contributed by atoms with Gasteiger partial charge >= 0.3 is 0 Å². The van der Waals surface area contributed by atoms with E-state index in [1.54, 1.807) is 36.6 Å². The maximum atomic E-state index is 9.70. The number of hydrogen-bond acceptors (Lipinski definition) is 12. The summed E-state index contributed by atoms with van der Waals surface area (Å²) in [5.41, 5.74) is 2.80. The Labute approximate surface area is 292 Å². The van der Waals surface area contributed by atoms with Crippen molar-refractivity contribution in [2.75, 3.05) is 32.2 Å². The molecule has 3 aromatic heterocycles. The van der Waals surface area contributed by atoms with Crippen LogP contribution in [0.25, 0.3) is 11.1 Å². The molecule has 0 amide bonds. The van der Waals surface area contributed by atoms with Crippen LogP contribution in [0.2, 0.25) is 0 Å². The summed E-state index contributed by atoms with van der Waals surface area (Å²) in [6.45, 7) is 6.82. The molecule has 0 spiro atoms. The van der Waals surface area contributed by atoms with Gasteiger partial charge in [-0.05, 0) is 70.1 Å². The fourth-order valence-electron chi connectivity index (χ4n) is 7.54. The molecular weight excluding hydrogens is 636 g/mol. The lowest BCUT2D eigenvalue weighted by Crippen LogP contribution is -2.52. The number of nitrogens with one attached hydrogen (secondary N) is 1. The van der Waals surface area contributed by atoms with Gasteiger partial charge in [-0.15, -0.1) is 5.10 Å². The molecule has 2 saturated heterocycles. The number of nitrogens with zero attached hydrogens (tertiary/aromatic N) is 9. The van der Waals surface area contributed by atoms with Gasteiger partial charge < -0.3 is 24.3 Å². The van der Waals surface area contributed by atoms with Gasteiger partial charge in [0.15, 0.2) is 0 Å². The van der Waals surface area contributed by atoms with Gasteiger partial charge in [0, 0.05) is 56.2 Å². The minimum Gasteiger partial charge on any atom is -0.487 e. The van der Waals surface area contributed by atoms with Crippen LogP contribution in [0.4, 0.5) is 11.6 Å². The van der Waals surface area contributed by atoms with Gasteiger partial charge in [0.05, 0.1) is 43.7 Å². The summed E-state index contributed by atoms with van der Waals surface area (Å²) in [5.74, 6) is 1.45. The van der Waals surface area contributed by atoms with Crippen molar-refractivity contribution < 1.29 is 18.9 Å². The molecule has 1 aliphatic carbocycles. The average molecular weight is 683 g/mol. The van der Waals surface area contributed by atoms with Crippen molar-refractivity contribution in [2.24, 2.45) is 0 Å². The maximum absolute atomic E-state index is 9.70. The lowest BCUT2D eigenvalue weighted by Gasteiger charge is -2.43. The number of rotatable bonds is 14. The third-order valence-electron chi connectivity index (χ3n) is 10.1. The highest BCUT2D eigenvalue weighted by Gasteiger charge is 2.42. The Balaban J connectivity index is 1.04. The smallest absolute Gasteiger partial charge is 0.257 e. The predicted molar refractivity (Wildman–Crippen MR) is 185 cm³/mol. The van der Waals surface area contributed by atoms with Crippen LogP contribution in [0.15, 0.2) is 49.4 Å². The van der Waals surface area contributed by atoms with Crippen molar-refractivity contribution in [1.29, 1.82) is 5.26 Å². The number of fused-ring (bicyclic) bond motifs is 2. The second kappa shape index (κ2) is 15.5. The molecule has 264 valence electrons. The number of benzene rings is 1. The normalized spacial score (nSPS) is 23.2. The number of ether oxygens (including phenoxy) is 4. The third kappa shape index (κ3) is 7.75. The fraction of sp³-hybridized carbons (Fsp3) is 0.556. The van der Waals surface area contributed by atoms with Gasteiger partial charge in [-0.2, -0.15) is 10.4 Å². The number of nitriles is 1. The molecule has 50 heavy (non-hydrogen) atoms. The maximum Gasteiger partial charge on any atom is 0.257 e. The first kappa shape index (κ1) is 33.9. The zero-order chi connectivity index (χ0) is 34.5. The average Bonchev–Trinajstić information content (AvgIpc) is 3.85. The second-order valence-corrected chi connectivity index (χ2v) is 13.7. The Hall–Kier alpha value is -4.58. The van der Waals surface area contributed by atoms with Crippen molar-refractivity contribution >= 4 is 11.6 Å². The van der Waals surface area contributed by atoms with Crippen LogP contribution in [0.1, 0.15) is 70.4 Å². The minimum atomic E-state index is -0.230. The minimum absolute atomic E-state index is 0.0820. The summed E-state index contributed by atoms with van der Waals surface area (Å²) in [7, 11) is 1.70. The Bertz CT molecular complexity index is 1720. The zero-order valence-corrected chi connectivity index (χ0v) is 29.0. The van der Waals surface area contributed by atoms with Crippen LogP contribution in [0, 0.1) is 11.3 Å². The highest BCUT2D eigenvalue weighted by Crippen LogP contribution is 2.39. The van der Waals surface area contributed by atoms with Crippen LogP contribution in [0.3, 0.4) is 0 Å². The molecule has 4 atom stereocenters. The molecule has 2 unspecified atom stereocenters. The molecule has 2 aliphatic heterocycles. The molecule has 0 radical (unpaired) electrons. The molecule has 7 rings (SSSR count). The number of anilines is 2. The molecule has 3 fully saturated rings. The van der Waals surface area contributed by atoms with E-state index < -0.39 is 0 Å². The highest BCUT2D eigenvalue weighted by molar-refractivity contribution is 5.67. The Morgan fingerprint density at radius 1 is 0.960 bits per heavy atom. The first-order valence-electron chi connectivity index (χ1n) is 17.7. The fourth-order valence-corrected chi connectivity index (χ4v) is 7.54. The standard InChI is InChI=1S/C36H46N10O4/c1-24(12-13-47-3)50-35-33(19-45(43-35)29-6-8-30(9-7-29)46-31-10-11-32(46)21-48-20-31)42-36-39-16-28(17-40-36)26-4-5-27(15-37)34(14-26)49-25(2)18-44-23-38-22-41-44/h4-5,14,16-17,19,22-25,29-32H,6-13,18,20-21H2,1-3H3,(H,39,40,42)/t24?,25?,29?,30?,31-,32+. The van der Waals surface area contributed by atoms with Gasteiger partial charge in [-0.3, -0.25) is 9.58 Å². The van der Waals surface area contributed by atoms with Crippen LogP contribution < -0.4 is 14.8 Å². The van der Waals surface area contributed by atoms with Crippen LogP contribution in [0.5, 0.6) is 11.6 Å². The summed E-state index contributed by atoms with van der Waals surface area (Å²) in [5, 5.41) is 22.2. The first-order valence-corrected chi connectivity index (χ1v) is 17.7. The largest absolute Gasteiger partial charge is 0.487 e. The van der Waals surface area contributed by atoms with Crippen molar-refractivity contribution in [3.8, 4) is 28.8 Å². The predicted octanol–water partition coefficient (Wildman–Crippen LogP) is 5.17. The number of aromatic nitrogens is 7. The zero-order valence-electron chi connectivity index (χ0n) is 29.0. The van der Waals surface area contributed by atoms with E-state index in [0.717, 1.165) is 62.1 Å². The third-order valence-corrected chi connectivity index (χ3v) is 10.1. The first-order chi connectivity index (χ1) is 24.5. The summed E-state index contributed by atoms with van der Waals surface area (Å²) < 4.78 is 27.4. The van der Waals surface area contributed by atoms with E-state index in [-0.39, 0.29) is 12.2 Å². The van der Waals surface area contributed by atoms with E-state index >= 15 is 0 Å². The Morgan fingerprint density at radius 3 is 2.40 bits per heavy atom. The molecule has 2 bridgehead atoms. The molecule has 5 heterocycles. The Kier molecular flexibility index (Phi) is 10.5. The van der Waals surface area contributed by atoms with Crippen LogP contribution in [-0.4, -0.2) is 96.7 Å². The molecule has 14 nitrogen and oxygen atoms in total. The molecule has 4 aromatic rings. The summed E-state index contributed by atoms with van der Waals surface area (Å²) in [6, 6.07) is 9.78. The van der Waals surface area contributed by atoms with Crippen LogP contribution >= 0.6 is 0 Å². The van der Waals surface area contributed by atoms with Crippen LogP contribution in [-0.2, 0) is 16.0 Å². The topological polar surface area (TPSA) is 150 Å². The van der Waals surface area contributed by atoms with Crippen molar-refractivity contribution in [2.45, 2.75) is 102 Å². The lowest BCUT2D eigenvalue weighted by molar-refractivity contribution is -0.0458. The number of hydrogen-bond donors (Lipinski definition) is 1. The summed E-state index contributed by atoms with van der Waals surface area (Å²) in [4.78, 5) is 16.0. The van der Waals surface area contributed by atoms with Crippen molar-refractivity contribution in [1.82, 2.24) is 39.4 Å².